The van der Waals surface area contributed by atoms with E-state index in [1.807, 2.05) is 121 Å². The van der Waals surface area contributed by atoms with Crippen LogP contribution in [0, 0.1) is 0 Å². The van der Waals surface area contributed by atoms with Crippen LogP contribution in [-0.4, -0.2) is 34.1 Å². The molecule has 49 heavy (non-hydrogen) atoms. The fourth-order valence-corrected chi connectivity index (χ4v) is 8.86. The van der Waals surface area contributed by atoms with Gasteiger partial charge >= 0.3 is 0 Å². The van der Waals surface area contributed by atoms with E-state index in [0.29, 0.717) is 17.8 Å². The third-order valence-corrected chi connectivity index (χ3v) is 11.5. The Bertz CT molecular complexity index is 2260. The summed E-state index contributed by atoms with van der Waals surface area (Å²) >= 11 is 2.88. The molecule has 0 aliphatic carbocycles. The maximum absolute atomic E-state index is 13.4. The van der Waals surface area contributed by atoms with E-state index >= 15 is 0 Å². The Morgan fingerprint density at radius 1 is 0.510 bits per heavy atom. The van der Waals surface area contributed by atoms with Crippen LogP contribution in [-0.2, 0) is 25.6 Å². The van der Waals surface area contributed by atoms with Crippen LogP contribution in [0.25, 0.3) is 21.5 Å². The maximum atomic E-state index is 13.4. The fraction of sp³-hybridized carbons (Fsp3) is 0.122. The fourth-order valence-electron chi connectivity index (χ4n) is 6.55. The highest BCUT2D eigenvalue weighted by atomic mass is 32.2. The number of rotatable bonds is 8. The molecule has 0 aromatic heterocycles. The smallest absolute Gasteiger partial charge is 0.247 e. The Kier molecular flexibility index (Phi) is 8.27. The van der Waals surface area contributed by atoms with E-state index in [-0.39, 0.29) is 36.5 Å². The van der Waals surface area contributed by atoms with Gasteiger partial charge in [-0.2, -0.15) is 0 Å². The second-order valence-corrected chi connectivity index (χ2v) is 14.8. The van der Waals surface area contributed by atoms with Crippen LogP contribution in [0.3, 0.4) is 0 Å². The van der Waals surface area contributed by atoms with Crippen molar-refractivity contribution < 1.29 is 19.2 Å². The highest BCUT2D eigenvalue weighted by Gasteiger charge is 2.41. The van der Waals surface area contributed by atoms with Gasteiger partial charge in [0.05, 0.1) is 21.9 Å². The molecule has 2 fully saturated rings. The second kappa shape index (κ2) is 13.0. The zero-order chi connectivity index (χ0) is 33.5. The lowest BCUT2D eigenvalue weighted by atomic mass is 10.0. The molecule has 0 radical (unpaired) electrons. The molecule has 0 bridgehead atoms. The number of carbonyl (C=O) groups is 4. The van der Waals surface area contributed by atoms with Crippen LogP contribution in [0.5, 0.6) is 0 Å². The minimum absolute atomic E-state index is 0.158. The van der Waals surface area contributed by atoms with Gasteiger partial charge in [0, 0.05) is 22.6 Å². The van der Waals surface area contributed by atoms with E-state index in [2.05, 4.69) is 12.1 Å². The summed E-state index contributed by atoms with van der Waals surface area (Å²) in [5.41, 5.74) is 3.16. The number of thioether (sulfide) groups is 2. The molecule has 8 heteroatoms. The monoisotopic (exact) mass is 678 g/mol. The summed E-state index contributed by atoms with van der Waals surface area (Å²) in [5, 5.41) is 3.47. The highest BCUT2D eigenvalue weighted by Crippen LogP contribution is 2.38. The van der Waals surface area contributed by atoms with Crippen molar-refractivity contribution in [3.05, 3.63) is 145 Å². The van der Waals surface area contributed by atoms with E-state index in [9.17, 15) is 19.2 Å². The van der Waals surface area contributed by atoms with E-state index in [1.54, 1.807) is 0 Å². The third kappa shape index (κ3) is 6.14. The first-order chi connectivity index (χ1) is 23.9. The molecule has 2 saturated heterocycles. The van der Waals surface area contributed by atoms with Gasteiger partial charge in [-0.25, -0.2) is 9.80 Å². The predicted octanol–water partition coefficient (Wildman–Crippen LogP) is 8.43. The van der Waals surface area contributed by atoms with Gasteiger partial charge in [0.1, 0.15) is 0 Å². The van der Waals surface area contributed by atoms with Gasteiger partial charge in [0.25, 0.3) is 0 Å². The van der Waals surface area contributed by atoms with Crippen LogP contribution in [0.4, 0.5) is 11.4 Å². The van der Waals surface area contributed by atoms with Crippen molar-refractivity contribution in [1.29, 1.82) is 0 Å². The number of benzene rings is 6. The average molecular weight is 679 g/mol. The summed E-state index contributed by atoms with van der Waals surface area (Å²) in [6, 6.07) is 43.2. The summed E-state index contributed by atoms with van der Waals surface area (Å²) in [4.78, 5) is 57.3. The number of anilines is 2. The molecule has 240 valence electrons. The number of hydrogen-bond acceptors (Lipinski definition) is 6. The first-order valence-corrected chi connectivity index (χ1v) is 17.9. The summed E-state index contributed by atoms with van der Waals surface area (Å²) < 4.78 is 0. The Morgan fingerprint density at radius 2 is 1.04 bits per heavy atom. The SMILES string of the molecule is O=C1C[C@H](Sc2ccc3ccccc3c2)C(=O)N1c1ccc(Cc2ccc(N3C(=O)C[C@@H](Sc4cccc5ccccc45)C3=O)cc2)cc1. The number of amides is 4. The number of hydrogen-bond donors (Lipinski definition) is 0. The van der Waals surface area contributed by atoms with Gasteiger partial charge in [-0.3, -0.25) is 19.2 Å². The summed E-state index contributed by atoms with van der Waals surface area (Å²) in [5.74, 6) is -0.796. The molecule has 2 heterocycles. The summed E-state index contributed by atoms with van der Waals surface area (Å²) in [6.45, 7) is 0. The third-order valence-electron chi connectivity index (χ3n) is 9.03. The zero-order valence-electron chi connectivity index (χ0n) is 26.3. The molecule has 0 unspecified atom stereocenters. The lowest BCUT2D eigenvalue weighted by Gasteiger charge is -2.16. The van der Waals surface area contributed by atoms with Crippen LogP contribution >= 0.6 is 23.5 Å². The van der Waals surface area contributed by atoms with E-state index in [1.165, 1.54) is 33.3 Å². The molecule has 2 aliphatic heterocycles. The minimum atomic E-state index is -0.474. The maximum Gasteiger partial charge on any atom is 0.247 e. The van der Waals surface area contributed by atoms with Crippen LogP contribution in [0.15, 0.2) is 143 Å². The van der Waals surface area contributed by atoms with Gasteiger partial charge in [0.2, 0.25) is 23.6 Å². The van der Waals surface area contributed by atoms with Crippen molar-refractivity contribution in [2.75, 3.05) is 9.80 Å². The predicted molar refractivity (Wildman–Crippen MR) is 197 cm³/mol. The number of carbonyl (C=O) groups excluding carboxylic acids is 4. The zero-order valence-corrected chi connectivity index (χ0v) is 28.0. The molecule has 4 amide bonds. The molecular weight excluding hydrogens is 649 g/mol. The first kappa shape index (κ1) is 31.1. The van der Waals surface area contributed by atoms with Crippen molar-refractivity contribution in [1.82, 2.24) is 0 Å². The molecule has 0 N–H and O–H groups in total. The van der Waals surface area contributed by atoms with Crippen molar-refractivity contribution in [2.45, 2.75) is 39.6 Å². The van der Waals surface area contributed by atoms with Gasteiger partial charge in [0.15, 0.2) is 0 Å². The van der Waals surface area contributed by atoms with E-state index < -0.39 is 10.5 Å². The number of fused-ring (bicyclic) bond motifs is 2. The topological polar surface area (TPSA) is 74.8 Å². The molecule has 0 saturated carbocycles. The van der Waals surface area contributed by atoms with Crippen molar-refractivity contribution in [3.8, 4) is 0 Å². The Hall–Kier alpha value is -5.18. The number of nitrogens with zero attached hydrogens (tertiary/aromatic N) is 2. The molecule has 8 rings (SSSR count). The van der Waals surface area contributed by atoms with Gasteiger partial charge in [-0.05, 0) is 81.6 Å². The van der Waals surface area contributed by atoms with Crippen LogP contribution in [0.2, 0.25) is 0 Å². The lowest BCUT2D eigenvalue weighted by Crippen LogP contribution is -2.31. The van der Waals surface area contributed by atoms with Crippen molar-refractivity contribution in [3.63, 3.8) is 0 Å². The standard InChI is InChI=1S/C41H30N2O4S2/c44-38-24-36(48-33-21-16-28-6-1-2-8-30(28)23-33)40(46)42(38)31-17-12-26(13-18-31)22-27-14-19-32(20-15-27)43-39(45)25-37(41(43)47)49-35-11-5-9-29-7-3-4-10-34(29)35/h1-21,23,36-37H,22,24-25H2/t36-,37+/m0/s1. The lowest BCUT2D eigenvalue weighted by molar-refractivity contribution is -0.122. The largest absolute Gasteiger partial charge is 0.274 e. The molecule has 2 atom stereocenters. The minimum Gasteiger partial charge on any atom is -0.274 e. The molecule has 6 aromatic carbocycles. The Balaban J connectivity index is 0.907. The van der Waals surface area contributed by atoms with Crippen molar-refractivity contribution >= 4 is 80.1 Å². The molecule has 2 aliphatic rings. The quantitative estimate of drug-likeness (QED) is 0.151. The summed E-state index contributed by atoms with van der Waals surface area (Å²) in [6.07, 6.45) is 0.936. The Labute approximate surface area is 292 Å². The van der Waals surface area contributed by atoms with Gasteiger partial charge in [-0.1, -0.05) is 91.0 Å². The van der Waals surface area contributed by atoms with E-state index in [4.69, 9.17) is 0 Å². The molecule has 0 spiro atoms. The van der Waals surface area contributed by atoms with Crippen LogP contribution in [0.1, 0.15) is 24.0 Å². The average Bonchev–Trinajstić information content (AvgIpc) is 3.56. The molecule has 6 nitrogen and oxygen atoms in total. The second-order valence-electron chi connectivity index (χ2n) is 12.3. The van der Waals surface area contributed by atoms with Gasteiger partial charge < -0.3 is 0 Å². The Morgan fingerprint density at radius 3 is 1.67 bits per heavy atom. The van der Waals surface area contributed by atoms with E-state index in [0.717, 1.165) is 42.5 Å². The van der Waals surface area contributed by atoms with Crippen molar-refractivity contribution in [2.24, 2.45) is 0 Å². The molecule has 6 aromatic rings. The van der Waals surface area contributed by atoms with Crippen LogP contribution < -0.4 is 9.80 Å². The normalized spacial score (nSPS) is 18.0. The first-order valence-electron chi connectivity index (χ1n) is 16.1. The molecular formula is C41H30N2O4S2. The summed E-state index contributed by atoms with van der Waals surface area (Å²) in [7, 11) is 0. The van der Waals surface area contributed by atoms with Gasteiger partial charge in [-0.15, -0.1) is 23.5 Å². The number of imide groups is 2. The highest BCUT2D eigenvalue weighted by molar-refractivity contribution is 8.01.